The zero-order valence-electron chi connectivity index (χ0n) is 10.5. The Balaban J connectivity index is 2.65. The molecule has 1 rings (SSSR count). The van der Waals surface area contributed by atoms with Gasteiger partial charge < -0.3 is 5.32 Å². The number of benzene rings is 1. The van der Waals surface area contributed by atoms with Crippen molar-refractivity contribution in [2.24, 2.45) is 5.92 Å². The van der Waals surface area contributed by atoms with E-state index in [1.54, 1.807) is 0 Å². The Morgan fingerprint density at radius 1 is 1.12 bits per heavy atom. The number of hydrogen-bond acceptors (Lipinski definition) is 1. The minimum absolute atomic E-state index is 0.594. The van der Waals surface area contributed by atoms with E-state index in [0.717, 1.165) is 16.8 Å². The molecular weight excluding hydrogens is 262 g/mol. The standard InChI is InChI=1S/C14H22BrN/c1-4-12(5-2)14(16-3)10-11-6-8-13(15)9-7-11/h6-9,12,14,16H,4-5,10H2,1-3H3. The second-order valence-corrected chi connectivity index (χ2v) is 5.22. The lowest BCUT2D eigenvalue weighted by Gasteiger charge is -2.25. The molecule has 1 aromatic carbocycles. The van der Waals surface area contributed by atoms with E-state index in [1.807, 2.05) is 0 Å². The maximum absolute atomic E-state index is 3.47. The molecule has 2 heteroatoms. The molecule has 1 aromatic rings. The Labute approximate surface area is 108 Å². The molecule has 0 saturated heterocycles. The third kappa shape index (κ3) is 3.91. The van der Waals surface area contributed by atoms with E-state index in [9.17, 15) is 0 Å². The summed E-state index contributed by atoms with van der Waals surface area (Å²) in [5.74, 6) is 0.772. The molecule has 0 heterocycles. The lowest BCUT2D eigenvalue weighted by molar-refractivity contribution is 0.349. The Hall–Kier alpha value is -0.340. The van der Waals surface area contributed by atoms with Crippen LogP contribution < -0.4 is 5.32 Å². The second kappa shape index (κ2) is 7.08. The van der Waals surface area contributed by atoms with Gasteiger partial charge in [0.25, 0.3) is 0 Å². The molecule has 1 N–H and O–H groups in total. The Morgan fingerprint density at radius 3 is 2.12 bits per heavy atom. The molecule has 0 aromatic heterocycles. The average Bonchev–Trinajstić information content (AvgIpc) is 2.32. The SMILES string of the molecule is CCC(CC)C(Cc1ccc(Br)cc1)NC. The largest absolute Gasteiger partial charge is 0.316 e. The van der Waals surface area contributed by atoms with Crippen LogP contribution in [0.4, 0.5) is 0 Å². The fourth-order valence-corrected chi connectivity index (χ4v) is 2.50. The fourth-order valence-electron chi connectivity index (χ4n) is 2.24. The Bertz CT molecular complexity index is 290. The zero-order valence-corrected chi connectivity index (χ0v) is 12.0. The molecule has 0 aliphatic carbocycles. The van der Waals surface area contributed by atoms with Crippen LogP contribution in [0.25, 0.3) is 0 Å². The summed E-state index contributed by atoms with van der Waals surface area (Å²) in [7, 11) is 2.07. The molecule has 16 heavy (non-hydrogen) atoms. The monoisotopic (exact) mass is 283 g/mol. The molecule has 0 fully saturated rings. The van der Waals surface area contributed by atoms with Gasteiger partial charge in [0, 0.05) is 10.5 Å². The third-order valence-electron chi connectivity index (χ3n) is 3.36. The molecule has 90 valence electrons. The van der Waals surface area contributed by atoms with Crippen molar-refractivity contribution < 1.29 is 0 Å². The topological polar surface area (TPSA) is 12.0 Å². The summed E-state index contributed by atoms with van der Waals surface area (Å²) in [6.45, 7) is 4.56. The zero-order chi connectivity index (χ0) is 12.0. The minimum atomic E-state index is 0.594. The number of likely N-dealkylation sites (N-methyl/N-ethyl adjacent to an activating group) is 1. The molecule has 1 nitrogen and oxygen atoms in total. The van der Waals surface area contributed by atoms with Gasteiger partial charge >= 0.3 is 0 Å². The average molecular weight is 284 g/mol. The van der Waals surface area contributed by atoms with Gasteiger partial charge in [-0.2, -0.15) is 0 Å². The van der Waals surface area contributed by atoms with Crippen LogP contribution in [0.5, 0.6) is 0 Å². The Morgan fingerprint density at radius 2 is 1.69 bits per heavy atom. The van der Waals surface area contributed by atoms with E-state index in [0.29, 0.717) is 6.04 Å². The lowest BCUT2D eigenvalue weighted by atomic mass is 9.89. The quantitative estimate of drug-likeness (QED) is 0.832. The van der Waals surface area contributed by atoms with Gasteiger partial charge in [-0.05, 0) is 37.1 Å². The van der Waals surface area contributed by atoms with Gasteiger partial charge in [-0.1, -0.05) is 54.8 Å². The van der Waals surface area contributed by atoms with Crippen LogP contribution in [0.3, 0.4) is 0 Å². The van der Waals surface area contributed by atoms with Gasteiger partial charge in [0.15, 0.2) is 0 Å². The molecular formula is C14H22BrN. The van der Waals surface area contributed by atoms with Crippen molar-refractivity contribution in [3.63, 3.8) is 0 Å². The van der Waals surface area contributed by atoms with E-state index >= 15 is 0 Å². The smallest absolute Gasteiger partial charge is 0.0175 e. The normalized spacial score (nSPS) is 13.1. The molecule has 0 spiro atoms. The van der Waals surface area contributed by atoms with Crippen molar-refractivity contribution in [2.75, 3.05) is 7.05 Å². The van der Waals surface area contributed by atoms with Gasteiger partial charge in [0.1, 0.15) is 0 Å². The van der Waals surface area contributed by atoms with E-state index in [2.05, 4.69) is 66.4 Å². The highest BCUT2D eigenvalue weighted by Crippen LogP contribution is 2.18. The van der Waals surface area contributed by atoms with Crippen LogP contribution in [-0.4, -0.2) is 13.1 Å². The van der Waals surface area contributed by atoms with Crippen molar-refractivity contribution in [2.45, 2.75) is 39.2 Å². The maximum Gasteiger partial charge on any atom is 0.0175 e. The van der Waals surface area contributed by atoms with E-state index in [4.69, 9.17) is 0 Å². The molecule has 0 bridgehead atoms. The number of rotatable bonds is 6. The van der Waals surface area contributed by atoms with E-state index in [-0.39, 0.29) is 0 Å². The molecule has 0 amide bonds. The summed E-state index contributed by atoms with van der Waals surface area (Å²) >= 11 is 3.47. The minimum Gasteiger partial charge on any atom is -0.316 e. The lowest BCUT2D eigenvalue weighted by Crippen LogP contribution is -2.35. The van der Waals surface area contributed by atoms with Crippen molar-refractivity contribution >= 4 is 15.9 Å². The van der Waals surface area contributed by atoms with Crippen LogP contribution in [0.2, 0.25) is 0 Å². The molecule has 0 aliphatic heterocycles. The Kier molecular flexibility index (Phi) is 6.07. The van der Waals surface area contributed by atoms with Gasteiger partial charge in [-0.25, -0.2) is 0 Å². The van der Waals surface area contributed by atoms with Gasteiger partial charge in [0.2, 0.25) is 0 Å². The van der Waals surface area contributed by atoms with Crippen molar-refractivity contribution in [1.29, 1.82) is 0 Å². The number of nitrogens with one attached hydrogen (secondary N) is 1. The van der Waals surface area contributed by atoms with E-state index in [1.165, 1.54) is 18.4 Å². The first-order valence-corrected chi connectivity index (χ1v) is 6.92. The summed E-state index contributed by atoms with van der Waals surface area (Å²) in [6.07, 6.45) is 3.62. The van der Waals surface area contributed by atoms with Gasteiger partial charge in [-0.15, -0.1) is 0 Å². The van der Waals surface area contributed by atoms with Gasteiger partial charge in [0.05, 0.1) is 0 Å². The van der Waals surface area contributed by atoms with Crippen LogP contribution in [0.15, 0.2) is 28.7 Å². The van der Waals surface area contributed by atoms with Crippen molar-refractivity contribution in [3.8, 4) is 0 Å². The second-order valence-electron chi connectivity index (χ2n) is 4.30. The summed E-state index contributed by atoms with van der Waals surface area (Å²) in [6, 6.07) is 9.24. The highest BCUT2D eigenvalue weighted by molar-refractivity contribution is 9.10. The first-order chi connectivity index (χ1) is 7.71. The van der Waals surface area contributed by atoms with Gasteiger partial charge in [-0.3, -0.25) is 0 Å². The fraction of sp³-hybridized carbons (Fsp3) is 0.571. The number of halogens is 1. The van der Waals surface area contributed by atoms with Crippen molar-refractivity contribution in [1.82, 2.24) is 5.32 Å². The summed E-state index contributed by atoms with van der Waals surface area (Å²) in [5, 5.41) is 3.46. The molecule has 1 atom stereocenters. The molecule has 1 unspecified atom stereocenters. The number of hydrogen-bond donors (Lipinski definition) is 1. The predicted molar refractivity (Wildman–Crippen MR) is 74.8 cm³/mol. The highest BCUT2D eigenvalue weighted by atomic mass is 79.9. The maximum atomic E-state index is 3.47. The molecule has 0 saturated carbocycles. The summed E-state index contributed by atoms with van der Waals surface area (Å²) in [5.41, 5.74) is 1.41. The molecule has 0 aliphatic rings. The van der Waals surface area contributed by atoms with Crippen LogP contribution in [0, 0.1) is 5.92 Å². The van der Waals surface area contributed by atoms with Crippen LogP contribution in [0.1, 0.15) is 32.3 Å². The van der Waals surface area contributed by atoms with E-state index < -0.39 is 0 Å². The van der Waals surface area contributed by atoms with Crippen LogP contribution in [-0.2, 0) is 6.42 Å². The van der Waals surface area contributed by atoms with Crippen molar-refractivity contribution in [3.05, 3.63) is 34.3 Å². The van der Waals surface area contributed by atoms with Crippen LogP contribution >= 0.6 is 15.9 Å². The first-order valence-electron chi connectivity index (χ1n) is 6.12. The third-order valence-corrected chi connectivity index (χ3v) is 3.89. The summed E-state index contributed by atoms with van der Waals surface area (Å²) in [4.78, 5) is 0. The predicted octanol–water partition coefficient (Wildman–Crippen LogP) is 4.02. The highest BCUT2D eigenvalue weighted by Gasteiger charge is 2.16. The molecule has 0 radical (unpaired) electrons. The summed E-state index contributed by atoms with van der Waals surface area (Å²) < 4.78 is 1.15. The first kappa shape index (κ1) is 13.7.